The third kappa shape index (κ3) is 3.47. The number of carbonyl (C=O) groups is 1. The Kier molecular flexibility index (Phi) is 4.74. The molecule has 0 aliphatic carbocycles. The number of rotatable bonds is 4. The number of benzene rings is 2. The van der Waals surface area contributed by atoms with Crippen LogP contribution in [0.4, 0.5) is 0 Å². The SMILES string of the molecule is O=C1NCc2[nH]c3c(ccc4cnc(/C=C/c5ccc(CN6CCOCC6)cc5)cc43)c21. The lowest BCUT2D eigenvalue weighted by molar-refractivity contribution is 0.0342. The van der Waals surface area contributed by atoms with Gasteiger partial charge in [0.2, 0.25) is 0 Å². The first kappa shape index (κ1) is 19.2. The highest BCUT2D eigenvalue weighted by Crippen LogP contribution is 2.31. The first-order valence-corrected chi connectivity index (χ1v) is 11.0. The van der Waals surface area contributed by atoms with E-state index in [0.29, 0.717) is 6.54 Å². The Bertz CT molecular complexity index is 1350. The van der Waals surface area contributed by atoms with Gasteiger partial charge in [-0.2, -0.15) is 0 Å². The molecule has 6 nitrogen and oxygen atoms in total. The Morgan fingerprint density at radius 3 is 2.72 bits per heavy atom. The molecular weight excluding hydrogens is 400 g/mol. The van der Waals surface area contributed by atoms with Gasteiger partial charge in [-0.25, -0.2) is 0 Å². The van der Waals surface area contributed by atoms with Crippen molar-refractivity contribution in [2.45, 2.75) is 13.1 Å². The molecule has 0 atom stereocenters. The molecule has 0 saturated carbocycles. The van der Waals surface area contributed by atoms with Gasteiger partial charge in [-0.15, -0.1) is 0 Å². The number of carbonyl (C=O) groups excluding carboxylic acids is 1. The normalized spacial score (nSPS) is 16.8. The van der Waals surface area contributed by atoms with Crippen molar-refractivity contribution < 1.29 is 9.53 Å². The van der Waals surface area contributed by atoms with Gasteiger partial charge in [-0.3, -0.25) is 14.7 Å². The zero-order valence-corrected chi connectivity index (χ0v) is 17.7. The smallest absolute Gasteiger partial charge is 0.254 e. The summed E-state index contributed by atoms with van der Waals surface area (Å²) in [5.41, 5.74) is 6.09. The van der Waals surface area contributed by atoms with Gasteiger partial charge in [0.1, 0.15) is 0 Å². The summed E-state index contributed by atoms with van der Waals surface area (Å²) < 4.78 is 5.42. The van der Waals surface area contributed by atoms with E-state index in [2.05, 4.69) is 56.6 Å². The molecule has 160 valence electrons. The molecule has 2 aromatic carbocycles. The zero-order chi connectivity index (χ0) is 21.5. The van der Waals surface area contributed by atoms with Crippen molar-refractivity contribution >= 4 is 39.7 Å². The molecule has 2 aliphatic heterocycles. The van der Waals surface area contributed by atoms with Crippen LogP contribution in [-0.4, -0.2) is 47.1 Å². The summed E-state index contributed by atoms with van der Waals surface area (Å²) in [4.78, 5) is 22.6. The molecule has 1 fully saturated rings. The minimum absolute atomic E-state index is 0.00292. The lowest BCUT2D eigenvalue weighted by atomic mass is 10.1. The molecule has 2 N–H and O–H groups in total. The highest BCUT2D eigenvalue weighted by molar-refractivity contribution is 6.16. The van der Waals surface area contributed by atoms with Crippen molar-refractivity contribution in [3.63, 3.8) is 0 Å². The largest absolute Gasteiger partial charge is 0.379 e. The number of H-pyrrole nitrogens is 1. The number of aromatic amines is 1. The van der Waals surface area contributed by atoms with Crippen LogP contribution in [0.5, 0.6) is 0 Å². The lowest BCUT2D eigenvalue weighted by Gasteiger charge is -2.26. The number of amides is 1. The van der Waals surface area contributed by atoms with Crippen LogP contribution in [0.1, 0.15) is 32.9 Å². The topological polar surface area (TPSA) is 70.2 Å². The second-order valence-corrected chi connectivity index (χ2v) is 8.44. The van der Waals surface area contributed by atoms with E-state index in [0.717, 1.165) is 77.0 Å². The van der Waals surface area contributed by atoms with Crippen LogP contribution >= 0.6 is 0 Å². The summed E-state index contributed by atoms with van der Waals surface area (Å²) in [6, 6.07) is 14.8. The van der Waals surface area contributed by atoms with Crippen LogP contribution in [0.15, 0.2) is 48.7 Å². The van der Waals surface area contributed by atoms with Crippen LogP contribution in [-0.2, 0) is 17.8 Å². The van der Waals surface area contributed by atoms with Crippen LogP contribution in [0, 0.1) is 0 Å². The van der Waals surface area contributed by atoms with E-state index in [-0.39, 0.29) is 5.91 Å². The minimum atomic E-state index is -0.00292. The molecule has 0 radical (unpaired) electrons. The maximum absolute atomic E-state index is 12.2. The van der Waals surface area contributed by atoms with Crippen molar-refractivity contribution in [3.8, 4) is 0 Å². The van der Waals surface area contributed by atoms with E-state index in [9.17, 15) is 4.79 Å². The summed E-state index contributed by atoms with van der Waals surface area (Å²) in [5, 5.41) is 5.99. The van der Waals surface area contributed by atoms with E-state index in [1.165, 1.54) is 5.56 Å². The van der Waals surface area contributed by atoms with Gasteiger partial charge in [0.25, 0.3) is 5.91 Å². The summed E-state index contributed by atoms with van der Waals surface area (Å²) in [7, 11) is 0. The van der Waals surface area contributed by atoms with Crippen LogP contribution in [0.25, 0.3) is 33.8 Å². The van der Waals surface area contributed by atoms with Gasteiger partial charge in [-0.05, 0) is 23.3 Å². The van der Waals surface area contributed by atoms with Crippen molar-refractivity contribution in [2.24, 2.45) is 0 Å². The number of aromatic nitrogens is 2. The van der Waals surface area contributed by atoms with Crippen molar-refractivity contribution in [3.05, 3.63) is 76.7 Å². The summed E-state index contributed by atoms with van der Waals surface area (Å²) in [5.74, 6) is -0.00292. The number of hydrogen-bond donors (Lipinski definition) is 2. The maximum atomic E-state index is 12.2. The number of ether oxygens (including phenoxy) is 1. The molecule has 4 aromatic rings. The van der Waals surface area contributed by atoms with Crippen molar-refractivity contribution in [2.75, 3.05) is 26.3 Å². The Labute approximate surface area is 185 Å². The number of nitrogens with zero attached hydrogens (tertiary/aromatic N) is 2. The summed E-state index contributed by atoms with van der Waals surface area (Å²) in [6.45, 7) is 5.17. The maximum Gasteiger partial charge on any atom is 0.254 e. The van der Waals surface area contributed by atoms with E-state index in [4.69, 9.17) is 4.74 Å². The fourth-order valence-electron chi connectivity index (χ4n) is 4.63. The van der Waals surface area contributed by atoms with Gasteiger partial charge in [-0.1, -0.05) is 42.5 Å². The average Bonchev–Trinajstić information content (AvgIpc) is 3.39. The second kappa shape index (κ2) is 7.89. The molecule has 1 amide bonds. The fraction of sp³-hybridized carbons (Fsp3) is 0.231. The number of pyridine rings is 1. The van der Waals surface area contributed by atoms with Gasteiger partial charge in [0.05, 0.1) is 36.5 Å². The summed E-state index contributed by atoms with van der Waals surface area (Å²) >= 11 is 0. The molecule has 0 bridgehead atoms. The Morgan fingerprint density at radius 2 is 1.88 bits per heavy atom. The van der Waals surface area contributed by atoms with Crippen LogP contribution in [0.2, 0.25) is 0 Å². The molecule has 6 rings (SSSR count). The fourth-order valence-corrected chi connectivity index (χ4v) is 4.63. The third-order valence-corrected chi connectivity index (χ3v) is 6.36. The second-order valence-electron chi connectivity index (χ2n) is 8.44. The molecule has 2 aliphatic rings. The zero-order valence-electron chi connectivity index (χ0n) is 17.7. The monoisotopic (exact) mass is 424 g/mol. The Hall–Kier alpha value is -3.48. The van der Waals surface area contributed by atoms with Gasteiger partial charge >= 0.3 is 0 Å². The Morgan fingerprint density at radius 1 is 1.03 bits per heavy atom. The minimum Gasteiger partial charge on any atom is -0.379 e. The predicted molar refractivity (Wildman–Crippen MR) is 126 cm³/mol. The molecule has 2 aromatic heterocycles. The average molecular weight is 425 g/mol. The molecule has 0 spiro atoms. The molecular formula is C26H24N4O2. The van der Waals surface area contributed by atoms with E-state index in [1.54, 1.807) is 0 Å². The van der Waals surface area contributed by atoms with Gasteiger partial charge in [0, 0.05) is 47.7 Å². The van der Waals surface area contributed by atoms with Crippen LogP contribution < -0.4 is 5.32 Å². The van der Waals surface area contributed by atoms with E-state index < -0.39 is 0 Å². The first-order chi connectivity index (χ1) is 15.7. The number of fused-ring (bicyclic) bond motifs is 5. The first-order valence-electron chi connectivity index (χ1n) is 11.0. The van der Waals surface area contributed by atoms with Gasteiger partial charge in [0.15, 0.2) is 0 Å². The number of nitrogens with one attached hydrogen (secondary N) is 2. The summed E-state index contributed by atoms with van der Waals surface area (Å²) in [6.07, 6.45) is 6.03. The quantitative estimate of drug-likeness (QED) is 0.520. The van der Waals surface area contributed by atoms with Gasteiger partial charge < -0.3 is 15.0 Å². The number of hydrogen-bond acceptors (Lipinski definition) is 4. The highest BCUT2D eigenvalue weighted by atomic mass is 16.5. The standard InChI is InChI=1S/C26H24N4O2/c31-26-24-21-8-6-19-14-27-20(13-22(19)25(21)29-23(24)15-28-26)7-5-17-1-3-18(4-2-17)16-30-9-11-32-12-10-30/h1-8,13-14,29H,9-12,15-16H2,(H,28,31)/b7-5+. The molecule has 4 heterocycles. The molecule has 0 unspecified atom stereocenters. The lowest BCUT2D eigenvalue weighted by Crippen LogP contribution is -2.35. The predicted octanol–water partition coefficient (Wildman–Crippen LogP) is 3.96. The Balaban J connectivity index is 1.25. The highest BCUT2D eigenvalue weighted by Gasteiger charge is 2.24. The third-order valence-electron chi connectivity index (χ3n) is 6.36. The van der Waals surface area contributed by atoms with E-state index >= 15 is 0 Å². The van der Waals surface area contributed by atoms with Crippen molar-refractivity contribution in [1.29, 1.82) is 0 Å². The van der Waals surface area contributed by atoms with E-state index in [1.807, 2.05) is 24.4 Å². The molecule has 6 heteroatoms. The molecule has 32 heavy (non-hydrogen) atoms. The van der Waals surface area contributed by atoms with Crippen LogP contribution in [0.3, 0.4) is 0 Å². The number of morpholine rings is 1. The molecule has 1 saturated heterocycles. The van der Waals surface area contributed by atoms with Crippen molar-refractivity contribution in [1.82, 2.24) is 20.2 Å².